The monoisotopic (exact) mass is 252 g/mol. The van der Waals surface area contributed by atoms with Crippen molar-refractivity contribution in [2.24, 2.45) is 0 Å². The van der Waals surface area contributed by atoms with E-state index in [0.29, 0.717) is 0 Å². The van der Waals surface area contributed by atoms with Crippen molar-refractivity contribution in [2.45, 2.75) is 39.7 Å². The Bertz CT molecular complexity index is 358. The molecular weight excluding hydrogens is 227 g/mol. The summed E-state index contributed by atoms with van der Waals surface area (Å²) in [6.45, 7) is 11.4. The van der Waals surface area contributed by atoms with Crippen LogP contribution in [0.1, 0.15) is 34.1 Å². The molecule has 1 rings (SSSR count). The minimum Gasteiger partial charge on any atom is -0.372 e. The van der Waals surface area contributed by atoms with Crippen LogP contribution in [0.4, 0.5) is 10.1 Å². The van der Waals surface area contributed by atoms with Crippen molar-refractivity contribution in [3.63, 3.8) is 0 Å². The second kappa shape index (κ2) is 6.74. The third-order valence-corrected chi connectivity index (χ3v) is 2.82. The van der Waals surface area contributed by atoms with Crippen molar-refractivity contribution >= 4 is 5.69 Å². The van der Waals surface area contributed by atoms with Gasteiger partial charge in [0.2, 0.25) is 0 Å². The Morgan fingerprint density at radius 2 is 2.00 bits per heavy atom. The Kier molecular flexibility index (Phi) is 5.60. The molecule has 0 radical (unpaired) electrons. The summed E-state index contributed by atoms with van der Waals surface area (Å²) in [5.74, 6) is -0.168. The number of nitrogens with one attached hydrogen (secondary N) is 1. The maximum atomic E-state index is 13.2. The molecule has 0 bridgehead atoms. The molecule has 2 nitrogen and oxygen atoms in total. The van der Waals surface area contributed by atoms with E-state index in [9.17, 15) is 4.39 Å². The molecule has 1 aromatic rings. The predicted molar refractivity (Wildman–Crippen MR) is 76.7 cm³/mol. The Hall–Kier alpha value is -1.09. The summed E-state index contributed by atoms with van der Waals surface area (Å²) in [5.41, 5.74) is 1.13. The summed E-state index contributed by atoms with van der Waals surface area (Å²) in [6, 6.07) is 6.81. The SMILES string of the molecule is CCN(CCCNC(C)(C)C)c1cccc(F)c1. The van der Waals surface area contributed by atoms with Gasteiger partial charge in [-0.05, 0) is 58.9 Å². The lowest BCUT2D eigenvalue weighted by Crippen LogP contribution is -2.37. The molecule has 0 saturated heterocycles. The van der Waals surface area contributed by atoms with Crippen molar-refractivity contribution in [3.8, 4) is 0 Å². The third kappa shape index (κ3) is 5.50. The third-order valence-electron chi connectivity index (χ3n) is 2.82. The van der Waals surface area contributed by atoms with E-state index in [1.165, 1.54) is 6.07 Å². The van der Waals surface area contributed by atoms with Gasteiger partial charge < -0.3 is 10.2 Å². The van der Waals surface area contributed by atoms with E-state index in [4.69, 9.17) is 0 Å². The molecule has 0 heterocycles. The van der Waals surface area contributed by atoms with Gasteiger partial charge in [-0.1, -0.05) is 6.07 Å². The molecule has 3 heteroatoms. The molecule has 0 aromatic heterocycles. The Labute approximate surface area is 110 Å². The minimum absolute atomic E-state index is 0.163. The first-order valence-electron chi connectivity index (χ1n) is 6.68. The molecule has 0 saturated carbocycles. The van der Waals surface area contributed by atoms with Crippen LogP contribution in [0.15, 0.2) is 24.3 Å². The van der Waals surface area contributed by atoms with Gasteiger partial charge in [-0.2, -0.15) is 0 Å². The van der Waals surface area contributed by atoms with Crippen LogP contribution in [0.2, 0.25) is 0 Å². The number of anilines is 1. The lowest BCUT2D eigenvalue weighted by atomic mass is 10.1. The number of nitrogens with zero attached hydrogens (tertiary/aromatic N) is 1. The maximum absolute atomic E-state index is 13.2. The van der Waals surface area contributed by atoms with Gasteiger partial charge in [0.1, 0.15) is 5.82 Å². The molecule has 0 amide bonds. The van der Waals surface area contributed by atoms with Crippen molar-refractivity contribution in [3.05, 3.63) is 30.1 Å². The van der Waals surface area contributed by atoms with Crippen LogP contribution in [0.3, 0.4) is 0 Å². The normalized spacial score (nSPS) is 11.6. The molecule has 0 aliphatic heterocycles. The van der Waals surface area contributed by atoms with Crippen LogP contribution in [0.25, 0.3) is 0 Å². The van der Waals surface area contributed by atoms with Crippen molar-refractivity contribution in [2.75, 3.05) is 24.5 Å². The Balaban J connectivity index is 2.43. The van der Waals surface area contributed by atoms with Crippen LogP contribution in [0, 0.1) is 5.82 Å². The van der Waals surface area contributed by atoms with Crippen LogP contribution in [-0.2, 0) is 0 Å². The number of halogens is 1. The van der Waals surface area contributed by atoms with Crippen molar-refractivity contribution < 1.29 is 4.39 Å². The van der Waals surface area contributed by atoms with Crippen LogP contribution < -0.4 is 10.2 Å². The zero-order valence-electron chi connectivity index (χ0n) is 12.0. The molecule has 0 aliphatic carbocycles. The predicted octanol–water partition coefficient (Wildman–Crippen LogP) is 3.43. The molecular formula is C15H25FN2. The van der Waals surface area contributed by atoms with Crippen molar-refractivity contribution in [1.82, 2.24) is 5.32 Å². The first-order valence-corrected chi connectivity index (χ1v) is 6.68. The Morgan fingerprint density at radius 3 is 2.56 bits per heavy atom. The van der Waals surface area contributed by atoms with Gasteiger partial charge in [0.15, 0.2) is 0 Å². The standard InChI is InChI=1S/C15H25FN2/c1-5-18(11-7-10-17-15(2,3)4)14-9-6-8-13(16)12-14/h6,8-9,12,17H,5,7,10-11H2,1-4H3. The fourth-order valence-corrected chi connectivity index (χ4v) is 1.88. The molecule has 1 aromatic carbocycles. The Morgan fingerprint density at radius 1 is 1.28 bits per heavy atom. The highest BCUT2D eigenvalue weighted by Gasteiger charge is 2.09. The topological polar surface area (TPSA) is 15.3 Å². The fraction of sp³-hybridized carbons (Fsp3) is 0.600. The average Bonchev–Trinajstić information content (AvgIpc) is 2.27. The van der Waals surface area contributed by atoms with E-state index in [1.807, 2.05) is 6.07 Å². The zero-order valence-corrected chi connectivity index (χ0v) is 12.0. The number of hydrogen-bond acceptors (Lipinski definition) is 2. The average molecular weight is 252 g/mol. The number of benzene rings is 1. The number of hydrogen-bond donors (Lipinski definition) is 1. The summed E-state index contributed by atoms with van der Waals surface area (Å²) in [4.78, 5) is 2.20. The highest BCUT2D eigenvalue weighted by molar-refractivity contribution is 5.46. The van der Waals surface area contributed by atoms with Gasteiger partial charge in [0.05, 0.1) is 0 Å². The summed E-state index contributed by atoms with van der Waals surface area (Å²) in [6.07, 6.45) is 1.06. The van der Waals surface area contributed by atoms with E-state index in [1.54, 1.807) is 12.1 Å². The van der Waals surface area contributed by atoms with E-state index in [2.05, 4.69) is 37.9 Å². The van der Waals surface area contributed by atoms with Crippen LogP contribution >= 0.6 is 0 Å². The van der Waals surface area contributed by atoms with Gasteiger partial charge in [0, 0.05) is 24.3 Å². The molecule has 0 aliphatic rings. The first-order chi connectivity index (χ1) is 8.42. The molecule has 0 spiro atoms. The maximum Gasteiger partial charge on any atom is 0.125 e. The van der Waals surface area contributed by atoms with Gasteiger partial charge in [-0.15, -0.1) is 0 Å². The lowest BCUT2D eigenvalue weighted by Gasteiger charge is -2.25. The lowest BCUT2D eigenvalue weighted by molar-refractivity contribution is 0.422. The van der Waals surface area contributed by atoms with Gasteiger partial charge in [0.25, 0.3) is 0 Å². The van der Waals surface area contributed by atoms with Gasteiger partial charge >= 0.3 is 0 Å². The smallest absolute Gasteiger partial charge is 0.125 e. The summed E-state index contributed by atoms with van der Waals surface area (Å²) in [5, 5.41) is 3.46. The van der Waals surface area contributed by atoms with Crippen LogP contribution in [0.5, 0.6) is 0 Å². The van der Waals surface area contributed by atoms with Crippen molar-refractivity contribution in [1.29, 1.82) is 0 Å². The van der Waals surface area contributed by atoms with Gasteiger partial charge in [-0.25, -0.2) is 4.39 Å². The molecule has 0 fully saturated rings. The minimum atomic E-state index is -0.168. The molecule has 18 heavy (non-hydrogen) atoms. The zero-order chi connectivity index (χ0) is 13.6. The molecule has 0 unspecified atom stereocenters. The first kappa shape index (κ1) is 15.0. The van der Waals surface area contributed by atoms with Gasteiger partial charge in [-0.3, -0.25) is 0 Å². The highest BCUT2D eigenvalue weighted by Crippen LogP contribution is 2.15. The van der Waals surface area contributed by atoms with E-state index in [0.717, 1.165) is 31.7 Å². The second-order valence-corrected chi connectivity index (χ2v) is 5.59. The van der Waals surface area contributed by atoms with E-state index < -0.39 is 0 Å². The largest absolute Gasteiger partial charge is 0.372 e. The summed E-state index contributed by atoms with van der Waals surface area (Å²) in [7, 11) is 0. The quantitative estimate of drug-likeness (QED) is 0.780. The second-order valence-electron chi connectivity index (χ2n) is 5.59. The summed E-state index contributed by atoms with van der Waals surface area (Å²) >= 11 is 0. The van der Waals surface area contributed by atoms with E-state index in [-0.39, 0.29) is 11.4 Å². The molecule has 0 atom stereocenters. The highest BCUT2D eigenvalue weighted by atomic mass is 19.1. The summed E-state index contributed by atoms with van der Waals surface area (Å²) < 4.78 is 13.2. The van der Waals surface area contributed by atoms with E-state index >= 15 is 0 Å². The van der Waals surface area contributed by atoms with Crippen LogP contribution in [-0.4, -0.2) is 25.2 Å². The molecule has 1 N–H and O–H groups in total. The molecule has 102 valence electrons. The fourth-order valence-electron chi connectivity index (χ4n) is 1.88. The number of rotatable bonds is 6.